The molecule has 0 saturated heterocycles. The number of carbonyl (C=O) groups is 2. The summed E-state index contributed by atoms with van der Waals surface area (Å²) in [5.41, 5.74) is 5.37. The molecule has 0 aromatic carbocycles. The summed E-state index contributed by atoms with van der Waals surface area (Å²) in [7, 11) is 1.44. The van der Waals surface area contributed by atoms with Crippen molar-refractivity contribution in [3.8, 4) is 0 Å². The van der Waals surface area contributed by atoms with Crippen LogP contribution in [0.4, 0.5) is 0 Å². The Labute approximate surface area is 108 Å². The molecule has 0 rings (SSSR count). The van der Waals surface area contributed by atoms with Crippen molar-refractivity contribution in [3.63, 3.8) is 0 Å². The molecule has 4 N–H and O–H groups in total. The number of methoxy groups -OCH3 is 1. The summed E-state index contributed by atoms with van der Waals surface area (Å²) >= 11 is 0. The van der Waals surface area contributed by atoms with Crippen LogP contribution < -0.4 is 11.1 Å². The number of carboxylic acids is 1. The Morgan fingerprint density at radius 1 is 1.28 bits per heavy atom. The van der Waals surface area contributed by atoms with E-state index in [0.717, 1.165) is 25.7 Å². The minimum Gasteiger partial charge on any atom is -0.481 e. The molecular weight excluding hydrogens is 236 g/mol. The van der Waals surface area contributed by atoms with Crippen molar-refractivity contribution in [2.75, 3.05) is 20.2 Å². The molecule has 0 radical (unpaired) electrons. The number of nitrogens with one attached hydrogen (secondary N) is 1. The van der Waals surface area contributed by atoms with Crippen molar-refractivity contribution in [2.45, 2.75) is 44.6 Å². The lowest BCUT2D eigenvalue weighted by molar-refractivity contribution is -0.140. The van der Waals surface area contributed by atoms with Gasteiger partial charge in [0.15, 0.2) is 0 Å². The number of unbranched alkanes of at least 4 members (excludes halogenated alkanes) is 3. The van der Waals surface area contributed by atoms with Crippen LogP contribution in [-0.4, -0.2) is 43.3 Å². The molecule has 106 valence electrons. The Balaban J connectivity index is 3.58. The molecule has 0 aromatic rings. The van der Waals surface area contributed by atoms with Crippen LogP contribution in [0.15, 0.2) is 0 Å². The fourth-order valence-corrected chi connectivity index (χ4v) is 1.53. The zero-order chi connectivity index (χ0) is 13.8. The first-order valence-corrected chi connectivity index (χ1v) is 6.31. The van der Waals surface area contributed by atoms with Crippen LogP contribution in [0.3, 0.4) is 0 Å². The highest BCUT2D eigenvalue weighted by Gasteiger charge is 2.13. The van der Waals surface area contributed by atoms with Crippen LogP contribution in [0.25, 0.3) is 0 Å². The van der Waals surface area contributed by atoms with Crippen LogP contribution in [0.2, 0.25) is 0 Å². The minimum absolute atomic E-state index is 0.0600. The quantitative estimate of drug-likeness (QED) is 0.470. The minimum atomic E-state index is -0.933. The lowest BCUT2D eigenvalue weighted by atomic mass is 10.1. The Morgan fingerprint density at radius 3 is 2.50 bits per heavy atom. The molecule has 1 amide bonds. The molecule has 18 heavy (non-hydrogen) atoms. The Kier molecular flexibility index (Phi) is 10.3. The van der Waals surface area contributed by atoms with Crippen LogP contribution in [0.5, 0.6) is 0 Å². The van der Waals surface area contributed by atoms with E-state index in [1.807, 2.05) is 0 Å². The van der Waals surface area contributed by atoms with Gasteiger partial charge in [-0.1, -0.05) is 12.8 Å². The van der Waals surface area contributed by atoms with E-state index in [1.165, 1.54) is 7.11 Å². The second kappa shape index (κ2) is 11.0. The zero-order valence-corrected chi connectivity index (χ0v) is 11.0. The topological polar surface area (TPSA) is 102 Å². The van der Waals surface area contributed by atoms with Gasteiger partial charge >= 0.3 is 5.97 Å². The van der Waals surface area contributed by atoms with Gasteiger partial charge in [-0.2, -0.15) is 0 Å². The standard InChI is InChI=1S/C12H24N2O4/c1-18-10(8-12(16)17)9-14-11(15)6-4-2-3-5-7-13/h10H,2-9,13H2,1H3,(H,14,15)(H,16,17). The van der Waals surface area contributed by atoms with E-state index in [1.54, 1.807) is 0 Å². The number of carboxylic acid groups (broad SMARTS) is 1. The molecule has 0 aliphatic heterocycles. The van der Waals surface area contributed by atoms with E-state index >= 15 is 0 Å². The van der Waals surface area contributed by atoms with E-state index < -0.39 is 12.1 Å². The Bertz CT molecular complexity index is 246. The third-order valence-corrected chi connectivity index (χ3v) is 2.62. The highest BCUT2D eigenvalue weighted by Crippen LogP contribution is 2.02. The van der Waals surface area contributed by atoms with Crippen molar-refractivity contribution in [3.05, 3.63) is 0 Å². The Hall–Kier alpha value is -1.14. The maximum atomic E-state index is 11.4. The molecule has 6 nitrogen and oxygen atoms in total. The maximum absolute atomic E-state index is 11.4. The molecule has 1 unspecified atom stereocenters. The number of nitrogens with two attached hydrogens (primary N) is 1. The molecule has 0 heterocycles. The second-order valence-corrected chi connectivity index (χ2v) is 4.21. The van der Waals surface area contributed by atoms with Crippen LogP contribution in [0.1, 0.15) is 38.5 Å². The number of hydrogen-bond donors (Lipinski definition) is 3. The largest absolute Gasteiger partial charge is 0.481 e. The maximum Gasteiger partial charge on any atom is 0.306 e. The fourth-order valence-electron chi connectivity index (χ4n) is 1.53. The summed E-state index contributed by atoms with van der Waals surface area (Å²) in [4.78, 5) is 21.9. The van der Waals surface area contributed by atoms with Crippen molar-refractivity contribution >= 4 is 11.9 Å². The van der Waals surface area contributed by atoms with Gasteiger partial charge in [-0.05, 0) is 19.4 Å². The lowest BCUT2D eigenvalue weighted by Crippen LogP contribution is -2.34. The van der Waals surface area contributed by atoms with Crippen LogP contribution >= 0.6 is 0 Å². The van der Waals surface area contributed by atoms with Gasteiger partial charge in [0.2, 0.25) is 5.91 Å². The SMILES string of the molecule is COC(CNC(=O)CCCCCCN)CC(=O)O. The number of rotatable bonds is 11. The van der Waals surface area contributed by atoms with Crippen LogP contribution in [-0.2, 0) is 14.3 Å². The third kappa shape index (κ3) is 10.0. The first-order chi connectivity index (χ1) is 8.60. The molecule has 1 atom stereocenters. The molecular formula is C12H24N2O4. The molecule has 0 saturated carbocycles. The number of carbonyl (C=O) groups excluding carboxylic acids is 1. The van der Waals surface area contributed by atoms with Gasteiger partial charge in [0.25, 0.3) is 0 Å². The van der Waals surface area contributed by atoms with Gasteiger partial charge in [-0.15, -0.1) is 0 Å². The average Bonchev–Trinajstić information content (AvgIpc) is 2.33. The smallest absolute Gasteiger partial charge is 0.306 e. The van der Waals surface area contributed by atoms with E-state index in [9.17, 15) is 9.59 Å². The number of ether oxygens (including phenoxy) is 1. The Morgan fingerprint density at radius 2 is 1.94 bits per heavy atom. The second-order valence-electron chi connectivity index (χ2n) is 4.21. The van der Waals surface area contributed by atoms with Crippen molar-refractivity contribution in [2.24, 2.45) is 5.73 Å². The molecule has 6 heteroatoms. The highest BCUT2D eigenvalue weighted by molar-refractivity contribution is 5.76. The van der Waals surface area contributed by atoms with Gasteiger partial charge in [0, 0.05) is 20.1 Å². The predicted octanol–water partition coefficient (Wildman–Crippen LogP) is 0.502. The van der Waals surface area contributed by atoms with Crippen LogP contribution in [0, 0.1) is 0 Å². The predicted molar refractivity (Wildman–Crippen MR) is 68.2 cm³/mol. The van der Waals surface area contributed by atoms with Gasteiger partial charge in [0.1, 0.15) is 0 Å². The normalized spacial score (nSPS) is 12.1. The summed E-state index contributed by atoms with van der Waals surface area (Å²) in [6.07, 6.45) is 3.76. The van der Waals surface area contributed by atoms with E-state index in [0.29, 0.717) is 13.0 Å². The van der Waals surface area contributed by atoms with Crippen molar-refractivity contribution < 1.29 is 19.4 Å². The molecule has 0 fully saturated rings. The first-order valence-electron chi connectivity index (χ1n) is 6.31. The number of aliphatic carboxylic acids is 1. The molecule has 0 bridgehead atoms. The molecule has 0 aliphatic carbocycles. The summed E-state index contributed by atoms with van der Waals surface area (Å²) in [6, 6.07) is 0. The average molecular weight is 260 g/mol. The highest BCUT2D eigenvalue weighted by atomic mass is 16.5. The number of hydrogen-bond acceptors (Lipinski definition) is 4. The zero-order valence-electron chi connectivity index (χ0n) is 11.0. The third-order valence-electron chi connectivity index (χ3n) is 2.62. The number of amides is 1. The van der Waals surface area contributed by atoms with E-state index in [-0.39, 0.29) is 18.9 Å². The molecule has 0 spiro atoms. The van der Waals surface area contributed by atoms with Crippen molar-refractivity contribution in [1.82, 2.24) is 5.32 Å². The fraction of sp³-hybridized carbons (Fsp3) is 0.833. The summed E-state index contributed by atoms with van der Waals surface area (Å²) in [5, 5.41) is 11.3. The van der Waals surface area contributed by atoms with E-state index in [2.05, 4.69) is 5.32 Å². The van der Waals surface area contributed by atoms with Gasteiger partial charge < -0.3 is 20.9 Å². The summed E-state index contributed by atoms with van der Waals surface area (Å²) < 4.78 is 4.96. The van der Waals surface area contributed by atoms with Gasteiger partial charge in [-0.25, -0.2) is 0 Å². The lowest BCUT2D eigenvalue weighted by Gasteiger charge is -2.13. The molecule has 0 aliphatic rings. The monoisotopic (exact) mass is 260 g/mol. The van der Waals surface area contributed by atoms with Gasteiger partial charge in [-0.3, -0.25) is 9.59 Å². The summed E-state index contributed by atoms with van der Waals surface area (Å²) in [5.74, 6) is -0.993. The summed E-state index contributed by atoms with van der Waals surface area (Å²) in [6.45, 7) is 0.932. The van der Waals surface area contributed by atoms with Crippen molar-refractivity contribution in [1.29, 1.82) is 0 Å². The van der Waals surface area contributed by atoms with E-state index in [4.69, 9.17) is 15.6 Å². The first kappa shape index (κ1) is 16.9. The van der Waals surface area contributed by atoms with Gasteiger partial charge in [0.05, 0.1) is 12.5 Å². The molecule has 0 aromatic heterocycles.